The SMILES string of the molecule is COc1ccc(CSC(C)CC(=O)O)cc1C#N. The van der Waals surface area contributed by atoms with Crippen LogP contribution in [0.3, 0.4) is 0 Å². The molecule has 1 rings (SSSR count). The van der Waals surface area contributed by atoms with Crippen molar-refractivity contribution < 1.29 is 14.6 Å². The maximum atomic E-state index is 10.5. The van der Waals surface area contributed by atoms with Crippen molar-refractivity contribution in [1.29, 1.82) is 5.26 Å². The van der Waals surface area contributed by atoms with Gasteiger partial charge in [0.1, 0.15) is 11.8 Å². The Balaban J connectivity index is 2.63. The predicted molar refractivity (Wildman–Crippen MR) is 70.7 cm³/mol. The molecule has 0 bridgehead atoms. The van der Waals surface area contributed by atoms with Gasteiger partial charge in [0, 0.05) is 11.0 Å². The first-order valence-corrected chi connectivity index (χ1v) is 6.52. The maximum absolute atomic E-state index is 10.5. The summed E-state index contributed by atoms with van der Waals surface area (Å²) in [6.07, 6.45) is 0.145. The Labute approximate surface area is 111 Å². The first kappa shape index (κ1) is 14.4. The summed E-state index contributed by atoms with van der Waals surface area (Å²) in [6, 6.07) is 7.50. The first-order chi connectivity index (χ1) is 8.56. The highest BCUT2D eigenvalue weighted by atomic mass is 32.2. The van der Waals surface area contributed by atoms with E-state index in [1.54, 1.807) is 23.9 Å². The van der Waals surface area contributed by atoms with Crippen LogP contribution in [0.4, 0.5) is 0 Å². The number of ether oxygens (including phenoxy) is 1. The monoisotopic (exact) mass is 265 g/mol. The summed E-state index contributed by atoms with van der Waals surface area (Å²) in [5.74, 6) is 0.458. The molecule has 0 spiro atoms. The molecule has 1 aromatic carbocycles. The summed E-state index contributed by atoms with van der Waals surface area (Å²) < 4.78 is 5.06. The summed E-state index contributed by atoms with van der Waals surface area (Å²) in [7, 11) is 1.53. The third-order valence-corrected chi connectivity index (χ3v) is 3.62. The van der Waals surface area contributed by atoms with Gasteiger partial charge in [-0.05, 0) is 17.7 Å². The Morgan fingerprint density at radius 2 is 2.33 bits per heavy atom. The number of hydrogen-bond acceptors (Lipinski definition) is 4. The van der Waals surface area contributed by atoms with Gasteiger partial charge in [-0.3, -0.25) is 4.79 Å². The standard InChI is InChI=1S/C13H15NO3S/c1-9(5-13(15)16)18-8-10-3-4-12(17-2)11(6-10)7-14/h3-4,6,9H,5,8H2,1-2H3,(H,15,16). The van der Waals surface area contributed by atoms with E-state index in [1.165, 1.54) is 7.11 Å². The average Bonchev–Trinajstić information content (AvgIpc) is 2.35. The number of rotatable bonds is 6. The molecule has 5 heteroatoms. The summed E-state index contributed by atoms with van der Waals surface area (Å²) >= 11 is 1.56. The Morgan fingerprint density at radius 1 is 1.61 bits per heavy atom. The molecule has 0 radical (unpaired) electrons. The Bertz CT molecular complexity index is 468. The highest BCUT2D eigenvalue weighted by Crippen LogP contribution is 2.24. The molecule has 1 unspecified atom stereocenters. The van der Waals surface area contributed by atoms with Crippen molar-refractivity contribution in [3.8, 4) is 11.8 Å². The van der Waals surface area contributed by atoms with Crippen molar-refractivity contribution in [3.63, 3.8) is 0 Å². The molecule has 1 aromatic rings. The van der Waals surface area contributed by atoms with Gasteiger partial charge in [0.05, 0.1) is 19.1 Å². The molecule has 4 nitrogen and oxygen atoms in total. The predicted octanol–water partition coefficient (Wildman–Crippen LogP) is 2.66. The summed E-state index contributed by atoms with van der Waals surface area (Å²) in [6.45, 7) is 1.88. The van der Waals surface area contributed by atoms with Crippen molar-refractivity contribution in [3.05, 3.63) is 29.3 Å². The largest absolute Gasteiger partial charge is 0.495 e. The number of carboxylic acid groups (broad SMARTS) is 1. The second-order valence-corrected chi connectivity index (χ2v) is 5.29. The van der Waals surface area contributed by atoms with Crippen molar-refractivity contribution in [2.45, 2.75) is 24.3 Å². The number of nitriles is 1. The molecular formula is C13H15NO3S. The molecule has 0 fully saturated rings. The third-order valence-electron chi connectivity index (χ3n) is 2.38. The zero-order chi connectivity index (χ0) is 13.5. The molecule has 1 N–H and O–H groups in total. The van der Waals surface area contributed by atoms with E-state index in [0.29, 0.717) is 17.1 Å². The fraction of sp³-hybridized carbons (Fsp3) is 0.385. The Hall–Kier alpha value is -1.67. The quantitative estimate of drug-likeness (QED) is 0.856. The van der Waals surface area contributed by atoms with Gasteiger partial charge in [-0.1, -0.05) is 13.0 Å². The lowest BCUT2D eigenvalue weighted by atomic mass is 10.1. The lowest BCUT2D eigenvalue weighted by Gasteiger charge is -2.09. The highest BCUT2D eigenvalue weighted by Gasteiger charge is 2.09. The maximum Gasteiger partial charge on any atom is 0.304 e. The Kier molecular flexibility index (Phi) is 5.53. The van der Waals surface area contributed by atoms with E-state index in [0.717, 1.165) is 5.56 Å². The molecule has 96 valence electrons. The fourth-order valence-corrected chi connectivity index (χ4v) is 2.39. The van der Waals surface area contributed by atoms with Crippen LogP contribution in [0.5, 0.6) is 5.75 Å². The lowest BCUT2D eigenvalue weighted by Crippen LogP contribution is -2.05. The topological polar surface area (TPSA) is 70.3 Å². The van der Waals surface area contributed by atoms with Crippen LogP contribution in [0, 0.1) is 11.3 Å². The molecular weight excluding hydrogens is 250 g/mol. The van der Waals surface area contributed by atoms with Crippen LogP contribution in [0.2, 0.25) is 0 Å². The van der Waals surface area contributed by atoms with Gasteiger partial charge in [0.25, 0.3) is 0 Å². The molecule has 0 aliphatic carbocycles. The summed E-state index contributed by atoms with van der Waals surface area (Å²) in [5.41, 5.74) is 1.50. The normalized spacial score (nSPS) is 11.6. The number of carbonyl (C=O) groups is 1. The number of hydrogen-bond donors (Lipinski definition) is 1. The van der Waals surface area contributed by atoms with Crippen molar-refractivity contribution >= 4 is 17.7 Å². The van der Waals surface area contributed by atoms with Gasteiger partial charge in [0.2, 0.25) is 0 Å². The van der Waals surface area contributed by atoms with Crippen LogP contribution in [-0.4, -0.2) is 23.4 Å². The minimum absolute atomic E-state index is 0.0511. The summed E-state index contributed by atoms with van der Waals surface area (Å²) in [5, 5.41) is 17.7. The molecule has 0 aromatic heterocycles. The van der Waals surface area contributed by atoms with Gasteiger partial charge < -0.3 is 9.84 Å². The van der Waals surface area contributed by atoms with Gasteiger partial charge in [-0.25, -0.2) is 0 Å². The second-order valence-electron chi connectivity index (χ2n) is 3.87. The molecule has 0 aliphatic rings. The van der Waals surface area contributed by atoms with Crippen molar-refractivity contribution in [2.75, 3.05) is 7.11 Å². The number of nitrogens with zero attached hydrogens (tertiary/aromatic N) is 1. The summed E-state index contributed by atoms with van der Waals surface area (Å²) in [4.78, 5) is 10.5. The molecule has 18 heavy (non-hydrogen) atoms. The van der Waals surface area contributed by atoms with E-state index >= 15 is 0 Å². The Morgan fingerprint density at radius 3 is 2.89 bits per heavy atom. The minimum Gasteiger partial charge on any atom is -0.495 e. The van der Waals surface area contributed by atoms with Gasteiger partial charge in [-0.2, -0.15) is 17.0 Å². The highest BCUT2D eigenvalue weighted by molar-refractivity contribution is 7.99. The number of benzene rings is 1. The number of thioether (sulfide) groups is 1. The lowest BCUT2D eigenvalue weighted by molar-refractivity contribution is -0.136. The van der Waals surface area contributed by atoms with Crippen LogP contribution < -0.4 is 4.74 Å². The molecule has 0 saturated carbocycles. The first-order valence-electron chi connectivity index (χ1n) is 5.47. The van der Waals surface area contributed by atoms with Crippen LogP contribution in [0.25, 0.3) is 0 Å². The zero-order valence-corrected chi connectivity index (χ0v) is 11.2. The van der Waals surface area contributed by atoms with Crippen molar-refractivity contribution in [2.24, 2.45) is 0 Å². The molecule has 0 aliphatic heterocycles. The van der Waals surface area contributed by atoms with E-state index in [1.807, 2.05) is 13.0 Å². The molecule has 0 amide bonds. The van der Waals surface area contributed by atoms with E-state index in [2.05, 4.69) is 6.07 Å². The number of aliphatic carboxylic acids is 1. The van der Waals surface area contributed by atoms with E-state index in [9.17, 15) is 4.79 Å². The van der Waals surface area contributed by atoms with Gasteiger partial charge in [-0.15, -0.1) is 0 Å². The van der Waals surface area contributed by atoms with E-state index in [4.69, 9.17) is 15.1 Å². The van der Waals surface area contributed by atoms with Crippen LogP contribution >= 0.6 is 11.8 Å². The third kappa shape index (κ3) is 4.30. The molecule has 0 saturated heterocycles. The zero-order valence-electron chi connectivity index (χ0n) is 10.3. The fourth-order valence-electron chi connectivity index (χ4n) is 1.48. The molecule has 0 heterocycles. The second kappa shape index (κ2) is 6.92. The van der Waals surface area contributed by atoms with Gasteiger partial charge in [0.15, 0.2) is 0 Å². The smallest absolute Gasteiger partial charge is 0.304 e. The van der Waals surface area contributed by atoms with Crippen LogP contribution in [0.1, 0.15) is 24.5 Å². The van der Waals surface area contributed by atoms with E-state index < -0.39 is 5.97 Å². The van der Waals surface area contributed by atoms with Gasteiger partial charge >= 0.3 is 5.97 Å². The van der Waals surface area contributed by atoms with Crippen LogP contribution in [0.15, 0.2) is 18.2 Å². The van der Waals surface area contributed by atoms with E-state index in [-0.39, 0.29) is 11.7 Å². The minimum atomic E-state index is -0.789. The molecule has 1 atom stereocenters. The average molecular weight is 265 g/mol. The number of methoxy groups -OCH3 is 1. The van der Waals surface area contributed by atoms with Crippen LogP contribution in [-0.2, 0) is 10.5 Å². The van der Waals surface area contributed by atoms with Crippen molar-refractivity contribution in [1.82, 2.24) is 0 Å². The number of carboxylic acids is 1.